The summed E-state index contributed by atoms with van der Waals surface area (Å²) < 4.78 is 26.1. The number of carbonyl (C=O) groups is 1. The molecule has 1 aromatic carbocycles. The normalized spacial score (nSPS) is 11.1. The van der Waals surface area contributed by atoms with Crippen LogP contribution in [0.3, 0.4) is 0 Å². The Morgan fingerprint density at radius 1 is 1.33 bits per heavy atom. The molecular weight excluding hydrogens is 256 g/mol. The van der Waals surface area contributed by atoms with Crippen molar-refractivity contribution in [3.05, 3.63) is 42.4 Å². The molecule has 0 spiro atoms. The molecule has 0 atom stereocenters. The molecular formula is C10H10N4O3S. The predicted molar refractivity (Wildman–Crippen MR) is 64.4 cm³/mol. The molecule has 0 unspecified atom stereocenters. The van der Waals surface area contributed by atoms with Gasteiger partial charge in [-0.2, -0.15) is 8.42 Å². The summed E-state index contributed by atoms with van der Waals surface area (Å²) >= 11 is 0. The topological polar surface area (TPSA) is 118 Å². The maximum Gasteiger partial charge on any atom is 0.278 e. The van der Waals surface area contributed by atoms with Gasteiger partial charge in [-0.1, -0.05) is 12.1 Å². The second kappa shape index (κ2) is 4.49. The molecule has 8 heteroatoms. The van der Waals surface area contributed by atoms with Crippen LogP contribution in [-0.2, 0) is 10.0 Å². The van der Waals surface area contributed by atoms with Crippen LogP contribution in [-0.4, -0.2) is 24.3 Å². The van der Waals surface area contributed by atoms with Crippen molar-refractivity contribution in [2.45, 2.75) is 5.03 Å². The molecule has 0 aliphatic rings. The number of carbonyl (C=O) groups excluding carboxylic acids is 1. The Bertz CT molecular complexity index is 664. The summed E-state index contributed by atoms with van der Waals surface area (Å²) in [7, 11) is -3.80. The lowest BCUT2D eigenvalue weighted by molar-refractivity contribution is 0.100. The number of anilines is 1. The van der Waals surface area contributed by atoms with Crippen molar-refractivity contribution in [2.75, 3.05) is 4.72 Å². The van der Waals surface area contributed by atoms with E-state index < -0.39 is 15.9 Å². The fourth-order valence-electron chi connectivity index (χ4n) is 1.38. The van der Waals surface area contributed by atoms with Gasteiger partial charge in [0.25, 0.3) is 15.9 Å². The number of amides is 1. The van der Waals surface area contributed by atoms with Crippen LogP contribution >= 0.6 is 0 Å². The van der Waals surface area contributed by atoms with E-state index in [1.807, 2.05) is 0 Å². The average molecular weight is 266 g/mol. The average Bonchev–Trinajstić information content (AvgIpc) is 2.83. The SMILES string of the molecule is NC(=O)c1ccccc1NS(=O)(=O)c1cnc[nH]1. The number of benzene rings is 1. The first kappa shape index (κ1) is 12.1. The molecule has 0 saturated heterocycles. The number of para-hydroxylation sites is 1. The number of nitrogens with one attached hydrogen (secondary N) is 2. The van der Waals surface area contributed by atoms with E-state index in [2.05, 4.69) is 14.7 Å². The highest BCUT2D eigenvalue weighted by Crippen LogP contribution is 2.18. The number of hydrogen-bond donors (Lipinski definition) is 3. The number of aromatic amines is 1. The van der Waals surface area contributed by atoms with Gasteiger partial charge in [0, 0.05) is 0 Å². The molecule has 0 aliphatic carbocycles. The van der Waals surface area contributed by atoms with E-state index in [9.17, 15) is 13.2 Å². The first-order valence-electron chi connectivity index (χ1n) is 4.91. The Morgan fingerprint density at radius 2 is 2.06 bits per heavy atom. The van der Waals surface area contributed by atoms with Crippen LogP contribution in [0.2, 0.25) is 0 Å². The minimum atomic E-state index is -3.80. The zero-order chi connectivity index (χ0) is 13.2. The Labute approximate surface area is 103 Å². The largest absolute Gasteiger partial charge is 0.366 e. The summed E-state index contributed by atoms with van der Waals surface area (Å²) in [6.45, 7) is 0. The van der Waals surface area contributed by atoms with Gasteiger partial charge >= 0.3 is 0 Å². The molecule has 0 radical (unpaired) electrons. The zero-order valence-corrected chi connectivity index (χ0v) is 9.94. The van der Waals surface area contributed by atoms with Gasteiger partial charge in [0.15, 0.2) is 5.03 Å². The molecule has 0 bridgehead atoms. The lowest BCUT2D eigenvalue weighted by Gasteiger charge is -2.09. The quantitative estimate of drug-likeness (QED) is 0.737. The Hall–Kier alpha value is -2.35. The van der Waals surface area contributed by atoms with E-state index in [1.165, 1.54) is 18.5 Å². The first-order chi connectivity index (χ1) is 8.50. The Balaban J connectivity index is 2.39. The molecule has 7 nitrogen and oxygen atoms in total. The highest BCUT2D eigenvalue weighted by molar-refractivity contribution is 7.92. The maximum atomic E-state index is 11.9. The minimum Gasteiger partial charge on any atom is -0.366 e. The van der Waals surface area contributed by atoms with Gasteiger partial charge in [0.1, 0.15) is 0 Å². The van der Waals surface area contributed by atoms with Gasteiger partial charge in [-0.25, -0.2) is 4.98 Å². The third-order valence-electron chi connectivity index (χ3n) is 2.20. The maximum absolute atomic E-state index is 11.9. The summed E-state index contributed by atoms with van der Waals surface area (Å²) in [6, 6.07) is 6.08. The minimum absolute atomic E-state index is 0.0956. The van der Waals surface area contributed by atoms with Crippen LogP contribution in [0.4, 0.5) is 5.69 Å². The summed E-state index contributed by atoms with van der Waals surface area (Å²) in [5, 5.41) is -0.0956. The molecule has 1 amide bonds. The molecule has 1 aromatic heterocycles. The second-order valence-corrected chi connectivity index (χ2v) is 5.08. The van der Waals surface area contributed by atoms with Crippen LogP contribution in [0.15, 0.2) is 41.8 Å². The van der Waals surface area contributed by atoms with Crippen molar-refractivity contribution in [3.63, 3.8) is 0 Å². The standard InChI is InChI=1S/C10H10N4O3S/c11-10(15)7-3-1-2-4-8(7)14-18(16,17)9-5-12-6-13-9/h1-6,14H,(H2,11,15)(H,12,13). The second-order valence-electron chi connectivity index (χ2n) is 3.43. The van der Waals surface area contributed by atoms with E-state index >= 15 is 0 Å². The van der Waals surface area contributed by atoms with Crippen molar-refractivity contribution >= 4 is 21.6 Å². The number of rotatable bonds is 4. The number of hydrogen-bond acceptors (Lipinski definition) is 4. The smallest absolute Gasteiger partial charge is 0.278 e. The molecule has 18 heavy (non-hydrogen) atoms. The van der Waals surface area contributed by atoms with E-state index in [4.69, 9.17) is 5.73 Å². The van der Waals surface area contributed by atoms with E-state index in [-0.39, 0.29) is 16.3 Å². The number of sulfonamides is 1. The summed E-state index contributed by atoms with van der Waals surface area (Å²) in [5.41, 5.74) is 5.38. The number of H-pyrrole nitrogens is 1. The number of nitrogens with zero attached hydrogens (tertiary/aromatic N) is 1. The van der Waals surface area contributed by atoms with Gasteiger partial charge in [-0.05, 0) is 12.1 Å². The molecule has 94 valence electrons. The highest BCUT2D eigenvalue weighted by atomic mass is 32.2. The van der Waals surface area contributed by atoms with E-state index in [0.717, 1.165) is 6.20 Å². The van der Waals surface area contributed by atoms with Crippen LogP contribution < -0.4 is 10.5 Å². The van der Waals surface area contributed by atoms with Crippen molar-refractivity contribution in [3.8, 4) is 0 Å². The first-order valence-corrected chi connectivity index (χ1v) is 6.39. The lowest BCUT2D eigenvalue weighted by Crippen LogP contribution is -2.18. The zero-order valence-electron chi connectivity index (χ0n) is 9.12. The van der Waals surface area contributed by atoms with Gasteiger partial charge in [0.05, 0.1) is 23.8 Å². The van der Waals surface area contributed by atoms with Crippen LogP contribution in [0.1, 0.15) is 10.4 Å². The molecule has 0 aliphatic heterocycles. The van der Waals surface area contributed by atoms with Gasteiger partial charge in [-0.15, -0.1) is 0 Å². The van der Waals surface area contributed by atoms with Crippen molar-refractivity contribution in [1.82, 2.24) is 9.97 Å². The fraction of sp³-hybridized carbons (Fsp3) is 0. The molecule has 1 heterocycles. The molecule has 2 aromatic rings. The van der Waals surface area contributed by atoms with Gasteiger partial charge in [-0.3, -0.25) is 9.52 Å². The molecule has 0 saturated carbocycles. The van der Waals surface area contributed by atoms with Crippen molar-refractivity contribution in [2.24, 2.45) is 5.73 Å². The number of primary amides is 1. The molecule has 2 rings (SSSR count). The fourth-order valence-corrected chi connectivity index (χ4v) is 2.36. The monoisotopic (exact) mass is 266 g/mol. The predicted octanol–water partition coefficient (Wildman–Crippen LogP) is 0.309. The third-order valence-corrected chi connectivity index (χ3v) is 3.49. The van der Waals surface area contributed by atoms with Gasteiger partial charge in [0.2, 0.25) is 0 Å². The highest BCUT2D eigenvalue weighted by Gasteiger charge is 2.18. The molecule has 0 fully saturated rings. The number of imidazole rings is 1. The van der Waals surface area contributed by atoms with Crippen molar-refractivity contribution < 1.29 is 13.2 Å². The Kier molecular flexibility index (Phi) is 3.02. The lowest BCUT2D eigenvalue weighted by atomic mass is 10.2. The van der Waals surface area contributed by atoms with E-state index in [0.29, 0.717) is 0 Å². The van der Waals surface area contributed by atoms with E-state index in [1.54, 1.807) is 12.1 Å². The van der Waals surface area contributed by atoms with Gasteiger partial charge < -0.3 is 10.7 Å². The number of nitrogens with two attached hydrogens (primary N) is 1. The Morgan fingerprint density at radius 3 is 2.67 bits per heavy atom. The van der Waals surface area contributed by atoms with Crippen LogP contribution in [0.5, 0.6) is 0 Å². The summed E-state index contributed by atoms with van der Waals surface area (Å²) in [5.74, 6) is -0.710. The van der Waals surface area contributed by atoms with Crippen LogP contribution in [0, 0.1) is 0 Å². The van der Waals surface area contributed by atoms with Crippen molar-refractivity contribution in [1.29, 1.82) is 0 Å². The molecule has 4 N–H and O–H groups in total. The summed E-state index contributed by atoms with van der Waals surface area (Å²) in [4.78, 5) is 17.3. The summed E-state index contributed by atoms with van der Waals surface area (Å²) in [6.07, 6.45) is 2.41. The van der Waals surface area contributed by atoms with Crippen LogP contribution in [0.25, 0.3) is 0 Å². The number of aromatic nitrogens is 2. The third kappa shape index (κ3) is 2.33.